The van der Waals surface area contributed by atoms with Gasteiger partial charge in [-0.3, -0.25) is 4.79 Å². The van der Waals surface area contributed by atoms with E-state index in [9.17, 15) is 4.79 Å². The topological polar surface area (TPSA) is 41.6 Å². The number of amides is 1. The Morgan fingerprint density at radius 2 is 2.33 bits per heavy atom. The van der Waals surface area contributed by atoms with Crippen LogP contribution >= 0.6 is 0 Å². The van der Waals surface area contributed by atoms with E-state index < -0.39 is 0 Å². The van der Waals surface area contributed by atoms with Gasteiger partial charge in [-0.05, 0) is 26.3 Å². The molecule has 1 rings (SSSR count). The zero-order valence-electron chi connectivity index (χ0n) is 9.79. The van der Waals surface area contributed by atoms with E-state index in [0.29, 0.717) is 6.54 Å². The number of likely N-dealkylation sites (tertiary alicyclic amines) is 1. The third-order valence-corrected chi connectivity index (χ3v) is 2.66. The van der Waals surface area contributed by atoms with Crippen molar-refractivity contribution >= 4 is 5.91 Å². The highest BCUT2D eigenvalue weighted by Gasteiger charge is 2.23. The molecule has 1 heterocycles. The minimum atomic E-state index is 0.196. The number of likely N-dealkylation sites (N-methyl/N-ethyl adjacent to an activating group) is 1. The summed E-state index contributed by atoms with van der Waals surface area (Å²) in [6.07, 6.45) is 2.38. The molecule has 0 bridgehead atoms. The summed E-state index contributed by atoms with van der Waals surface area (Å²) in [6, 6.07) is 0. The monoisotopic (exact) mass is 214 g/mol. The van der Waals surface area contributed by atoms with Crippen molar-refractivity contribution in [1.29, 1.82) is 0 Å². The summed E-state index contributed by atoms with van der Waals surface area (Å²) in [5.74, 6) is 0.196. The molecular formula is C11H22N2O2. The Morgan fingerprint density at radius 3 is 3.00 bits per heavy atom. The predicted molar refractivity (Wildman–Crippen MR) is 59.8 cm³/mol. The first-order valence-corrected chi connectivity index (χ1v) is 5.88. The maximum Gasteiger partial charge on any atom is 0.236 e. The van der Waals surface area contributed by atoms with Gasteiger partial charge in [0.1, 0.15) is 0 Å². The van der Waals surface area contributed by atoms with Crippen molar-refractivity contribution in [2.45, 2.75) is 32.8 Å². The van der Waals surface area contributed by atoms with Gasteiger partial charge in [-0.1, -0.05) is 6.92 Å². The van der Waals surface area contributed by atoms with Crippen molar-refractivity contribution in [3.05, 3.63) is 0 Å². The molecule has 0 spiro atoms. The van der Waals surface area contributed by atoms with Crippen LogP contribution in [0.2, 0.25) is 0 Å². The van der Waals surface area contributed by atoms with Crippen molar-refractivity contribution in [2.24, 2.45) is 0 Å². The Hall–Kier alpha value is -0.610. The van der Waals surface area contributed by atoms with Gasteiger partial charge in [-0.2, -0.15) is 0 Å². The first-order valence-electron chi connectivity index (χ1n) is 5.88. The van der Waals surface area contributed by atoms with E-state index in [-0.39, 0.29) is 12.0 Å². The van der Waals surface area contributed by atoms with Crippen molar-refractivity contribution in [3.8, 4) is 0 Å². The molecule has 1 aliphatic heterocycles. The fourth-order valence-corrected chi connectivity index (χ4v) is 1.88. The molecule has 1 aliphatic rings. The van der Waals surface area contributed by atoms with E-state index in [0.717, 1.165) is 39.1 Å². The lowest BCUT2D eigenvalue weighted by Crippen LogP contribution is -2.46. The second-order valence-electron chi connectivity index (χ2n) is 3.84. The summed E-state index contributed by atoms with van der Waals surface area (Å²) in [5.41, 5.74) is 0. The lowest BCUT2D eigenvalue weighted by Gasteiger charge is -2.32. The summed E-state index contributed by atoms with van der Waals surface area (Å²) < 4.78 is 5.55. The molecule has 88 valence electrons. The maximum absolute atomic E-state index is 11.7. The molecule has 1 saturated heterocycles. The highest BCUT2D eigenvalue weighted by molar-refractivity contribution is 5.78. The van der Waals surface area contributed by atoms with Crippen LogP contribution in [0.15, 0.2) is 0 Å². The molecule has 0 radical (unpaired) electrons. The molecule has 0 aromatic carbocycles. The van der Waals surface area contributed by atoms with Gasteiger partial charge in [0.2, 0.25) is 5.91 Å². The third-order valence-electron chi connectivity index (χ3n) is 2.66. The molecule has 1 N–H and O–H groups in total. The quantitative estimate of drug-likeness (QED) is 0.729. The van der Waals surface area contributed by atoms with Crippen LogP contribution in [0.4, 0.5) is 0 Å². The Morgan fingerprint density at radius 1 is 1.53 bits per heavy atom. The van der Waals surface area contributed by atoms with Crippen LogP contribution in [0, 0.1) is 0 Å². The standard InChI is InChI=1S/C11H22N2O2/c1-3-12-8-11(14)13-7-5-6-10(9-13)15-4-2/h10,12H,3-9H2,1-2H3. The first-order chi connectivity index (χ1) is 7.27. The average molecular weight is 214 g/mol. The summed E-state index contributed by atoms with van der Waals surface area (Å²) in [6.45, 7) is 7.68. The molecular weight excluding hydrogens is 192 g/mol. The van der Waals surface area contributed by atoms with Crippen LogP contribution < -0.4 is 5.32 Å². The second kappa shape index (κ2) is 6.80. The van der Waals surface area contributed by atoms with Crippen molar-refractivity contribution in [1.82, 2.24) is 10.2 Å². The molecule has 0 aromatic heterocycles. The fraction of sp³-hybridized carbons (Fsp3) is 0.909. The van der Waals surface area contributed by atoms with Gasteiger partial charge in [0, 0.05) is 19.7 Å². The van der Waals surface area contributed by atoms with E-state index in [2.05, 4.69) is 5.32 Å². The average Bonchev–Trinajstić information content (AvgIpc) is 2.27. The van der Waals surface area contributed by atoms with Crippen LogP contribution in [0.3, 0.4) is 0 Å². The normalized spacial score (nSPS) is 21.7. The highest BCUT2D eigenvalue weighted by Crippen LogP contribution is 2.12. The Bertz CT molecular complexity index is 195. The van der Waals surface area contributed by atoms with Gasteiger partial charge < -0.3 is 15.0 Å². The maximum atomic E-state index is 11.7. The minimum Gasteiger partial charge on any atom is -0.377 e. The van der Waals surface area contributed by atoms with E-state index in [1.54, 1.807) is 0 Å². The van der Waals surface area contributed by atoms with Gasteiger partial charge in [-0.15, -0.1) is 0 Å². The first kappa shape index (κ1) is 12.5. The number of hydrogen-bond acceptors (Lipinski definition) is 3. The number of rotatable bonds is 5. The number of nitrogens with zero attached hydrogens (tertiary/aromatic N) is 1. The van der Waals surface area contributed by atoms with E-state index in [1.807, 2.05) is 18.7 Å². The number of carbonyl (C=O) groups is 1. The minimum absolute atomic E-state index is 0.196. The van der Waals surface area contributed by atoms with Crippen LogP contribution in [-0.2, 0) is 9.53 Å². The number of ether oxygens (including phenoxy) is 1. The lowest BCUT2D eigenvalue weighted by molar-refractivity contribution is -0.134. The second-order valence-corrected chi connectivity index (χ2v) is 3.84. The number of piperidine rings is 1. The zero-order valence-corrected chi connectivity index (χ0v) is 9.79. The molecule has 1 fully saturated rings. The summed E-state index contributed by atoms with van der Waals surface area (Å²) >= 11 is 0. The van der Waals surface area contributed by atoms with Gasteiger partial charge >= 0.3 is 0 Å². The predicted octanol–water partition coefficient (Wildman–Crippen LogP) is 0.623. The van der Waals surface area contributed by atoms with Crippen LogP contribution in [0.5, 0.6) is 0 Å². The summed E-state index contributed by atoms with van der Waals surface area (Å²) in [4.78, 5) is 13.6. The lowest BCUT2D eigenvalue weighted by atomic mass is 10.1. The molecule has 4 heteroatoms. The van der Waals surface area contributed by atoms with Crippen molar-refractivity contribution in [3.63, 3.8) is 0 Å². The molecule has 0 aromatic rings. The number of hydrogen-bond donors (Lipinski definition) is 1. The van der Waals surface area contributed by atoms with Crippen LogP contribution in [0.25, 0.3) is 0 Å². The molecule has 1 unspecified atom stereocenters. The van der Waals surface area contributed by atoms with Crippen molar-refractivity contribution < 1.29 is 9.53 Å². The Labute approximate surface area is 92.0 Å². The largest absolute Gasteiger partial charge is 0.377 e. The Balaban J connectivity index is 2.31. The summed E-state index contributed by atoms with van der Waals surface area (Å²) in [5, 5.41) is 3.06. The molecule has 15 heavy (non-hydrogen) atoms. The molecule has 0 saturated carbocycles. The van der Waals surface area contributed by atoms with Gasteiger partial charge in [0.25, 0.3) is 0 Å². The van der Waals surface area contributed by atoms with Crippen molar-refractivity contribution in [2.75, 3.05) is 32.8 Å². The van der Waals surface area contributed by atoms with Crippen LogP contribution in [0.1, 0.15) is 26.7 Å². The van der Waals surface area contributed by atoms with Gasteiger partial charge in [0.15, 0.2) is 0 Å². The highest BCUT2D eigenvalue weighted by atomic mass is 16.5. The molecule has 1 atom stereocenters. The summed E-state index contributed by atoms with van der Waals surface area (Å²) in [7, 11) is 0. The van der Waals surface area contributed by atoms with E-state index in [4.69, 9.17) is 4.74 Å². The molecule has 1 amide bonds. The molecule has 4 nitrogen and oxygen atoms in total. The van der Waals surface area contributed by atoms with Crippen LogP contribution in [-0.4, -0.2) is 49.7 Å². The fourth-order valence-electron chi connectivity index (χ4n) is 1.88. The zero-order chi connectivity index (χ0) is 11.1. The number of nitrogens with one attached hydrogen (secondary N) is 1. The number of carbonyl (C=O) groups excluding carboxylic acids is 1. The molecule has 0 aliphatic carbocycles. The smallest absolute Gasteiger partial charge is 0.236 e. The van der Waals surface area contributed by atoms with Gasteiger partial charge in [-0.25, -0.2) is 0 Å². The SMILES string of the molecule is CCNCC(=O)N1CCCC(OCC)C1. The van der Waals surface area contributed by atoms with Gasteiger partial charge in [0.05, 0.1) is 12.6 Å². The third kappa shape index (κ3) is 4.18. The Kier molecular flexibility index (Phi) is 5.65. The van der Waals surface area contributed by atoms with E-state index >= 15 is 0 Å². The van der Waals surface area contributed by atoms with E-state index in [1.165, 1.54) is 0 Å².